The topological polar surface area (TPSA) is 9.23 Å². The third-order valence-electron chi connectivity index (χ3n) is 1.83. The number of hydrogen-bond acceptors (Lipinski definition) is 3. The molecule has 1 rings (SSSR count). The smallest absolute Gasteiger partial charge is 0.376 e. The third kappa shape index (κ3) is 5.67. The second kappa shape index (κ2) is 6.42. The quantitative estimate of drug-likeness (QED) is 0.489. The Balaban J connectivity index is 2.27. The van der Waals surface area contributed by atoms with Crippen LogP contribution in [-0.2, 0) is 11.3 Å². The molecule has 0 aliphatic rings. The minimum Gasteiger partial charge on any atom is -0.376 e. The molecule has 0 bridgehead atoms. The van der Waals surface area contributed by atoms with Gasteiger partial charge in [-0.1, -0.05) is 22.9 Å². The van der Waals surface area contributed by atoms with Crippen LogP contribution < -0.4 is 0 Å². The Hall–Kier alpha value is -0.330. The largest absolute Gasteiger partial charge is 0.391 e. The molecule has 0 aliphatic heterocycles. The first-order valence-corrected chi connectivity index (χ1v) is 6.43. The molecule has 6 heteroatoms. The molecule has 1 aromatic carbocycles. The molecular formula is C10H11F3OS2. The highest BCUT2D eigenvalue weighted by atomic mass is 33.1. The van der Waals surface area contributed by atoms with Crippen molar-refractivity contribution in [2.45, 2.75) is 24.1 Å². The van der Waals surface area contributed by atoms with Crippen molar-refractivity contribution in [2.24, 2.45) is 0 Å². The van der Waals surface area contributed by atoms with Gasteiger partial charge in [-0.25, -0.2) is 0 Å². The van der Waals surface area contributed by atoms with Crippen LogP contribution in [0.1, 0.15) is 12.0 Å². The van der Waals surface area contributed by atoms with Gasteiger partial charge in [-0.15, -0.1) is 11.7 Å². The van der Waals surface area contributed by atoms with Gasteiger partial charge in [0.15, 0.2) is 0 Å². The van der Waals surface area contributed by atoms with Gasteiger partial charge in [-0.3, -0.25) is 0 Å². The van der Waals surface area contributed by atoms with E-state index in [4.69, 9.17) is 4.74 Å². The molecule has 16 heavy (non-hydrogen) atoms. The van der Waals surface area contributed by atoms with Crippen molar-refractivity contribution in [1.29, 1.82) is 0 Å². The summed E-state index contributed by atoms with van der Waals surface area (Å²) >= 11 is 4.02. The molecule has 0 saturated carbocycles. The van der Waals surface area contributed by atoms with E-state index in [9.17, 15) is 13.2 Å². The van der Waals surface area contributed by atoms with Gasteiger partial charge >= 0.3 is 6.18 Å². The second-order valence-corrected chi connectivity index (χ2v) is 4.35. The molecule has 0 N–H and O–H groups in total. The molecule has 0 unspecified atom stereocenters. The van der Waals surface area contributed by atoms with E-state index in [2.05, 4.69) is 11.7 Å². The summed E-state index contributed by atoms with van der Waals surface area (Å²) in [5, 5.41) is 0. The summed E-state index contributed by atoms with van der Waals surface area (Å²) in [6.45, 7) is -0.0971. The molecule has 1 aromatic rings. The van der Waals surface area contributed by atoms with Gasteiger partial charge in [-0.2, -0.15) is 13.2 Å². The van der Waals surface area contributed by atoms with Crippen molar-refractivity contribution in [1.82, 2.24) is 0 Å². The highest BCUT2D eigenvalue weighted by molar-refractivity contribution is 8.68. The lowest BCUT2D eigenvalue weighted by atomic mass is 10.2. The Morgan fingerprint density at radius 3 is 2.31 bits per heavy atom. The molecule has 0 atom stereocenters. The van der Waals surface area contributed by atoms with Gasteiger partial charge in [0.25, 0.3) is 0 Å². The van der Waals surface area contributed by atoms with E-state index in [-0.39, 0.29) is 13.2 Å². The molecular weight excluding hydrogens is 257 g/mol. The fourth-order valence-electron chi connectivity index (χ4n) is 1.02. The lowest BCUT2D eigenvalue weighted by molar-refractivity contribution is -0.146. The fraction of sp³-hybridized carbons (Fsp3) is 0.400. The van der Waals surface area contributed by atoms with Crippen LogP contribution in [0.5, 0.6) is 0 Å². The van der Waals surface area contributed by atoms with Crippen molar-refractivity contribution < 1.29 is 17.9 Å². The maximum Gasteiger partial charge on any atom is 0.391 e. The molecule has 0 saturated heterocycles. The van der Waals surface area contributed by atoms with Gasteiger partial charge in [0.2, 0.25) is 0 Å². The van der Waals surface area contributed by atoms with E-state index in [1.807, 2.05) is 24.3 Å². The van der Waals surface area contributed by atoms with Crippen LogP contribution in [0.3, 0.4) is 0 Å². The number of rotatable bonds is 5. The van der Waals surface area contributed by atoms with Gasteiger partial charge in [-0.05, 0) is 17.7 Å². The molecule has 0 aromatic heterocycles. The maximum absolute atomic E-state index is 11.8. The zero-order valence-electron chi connectivity index (χ0n) is 8.33. The normalized spacial score (nSPS) is 11.8. The van der Waals surface area contributed by atoms with E-state index < -0.39 is 12.6 Å². The lowest BCUT2D eigenvalue weighted by Crippen LogP contribution is -2.11. The van der Waals surface area contributed by atoms with E-state index in [1.165, 1.54) is 10.8 Å². The average Bonchev–Trinajstić information content (AvgIpc) is 2.24. The number of thiol groups is 1. The monoisotopic (exact) mass is 268 g/mol. The predicted octanol–water partition coefficient (Wildman–Crippen LogP) is 4.09. The second-order valence-electron chi connectivity index (χ2n) is 3.15. The van der Waals surface area contributed by atoms with Crippen molar-refractivity contribution in [3.63, 3.8) is 0 Å². The first-order valence-electron chi connectivity index (χ1n) is 4.56. The SMILES string of the molecule is FC(F)(F)CCOCc1ccc(SS)cc1. The Labute approximate surface area is 101 Å². The van der Waals surface area contributed by atoms with Gasteiger partial charge < -0.3 is 4.74 Å². The van der Waals surface area contributed by atoms with E-state index in [0.29, 0.717) is 0 Å². The molecule has 1 nitrogen and oxygen atoms in total. The van der Waals surface area contributed by atoms with Crippen LogP contribution in [0.2, 0.25) is 0 Å². The molecule has 0 fully saturated rings. The highest BCUT2D eigenvalue weighted by Crippen LogP contribution is 2.22. The standard InChI is InChI=1S/C10H11F3OS2/c11-10(12,13)5-6-14-7-8-1-3-9(16-15)4-2-8/h1-4,15H,5-7H2. The Kier molecular flexibility index (Phi) is 5.51. The summed E-state index contributed by atoms with van der Waals surface area (Å²) in [6, 6.07) is 7.32. The van der Waals surface area contributed by atoms with E-state index in [1.54, 1.807) is 0 Å². The predicted molar refractivity (Wildman–Crippen MR) is 61.6 cm³/mol. The van der Waals surface area contributed by atoms with Crippen LogP contribution >= 0.6 is 22.5 Å². The first kappa shape index (κ1) is 13.7. The third-order valence-corrected chi connectivity index (χ3v) is 2.94. The van der Waals surface area contributed by atoms with Crippen LogP contribution in [0, 0.1) is 0 Å². The Bertz CT molecular complexity index is 311. The number of halogens is 3. The molecule has 0 amide bonds. The fourth-order valence-corrected chi connectivity index (χ4v) is 1.65. The number of hydrogen-bond donors (Lipinski definition) is 1. The summed E-state index contributed by atoms with van der Waals surface area (Å²) < 4.78 is 40.3. The number of ether oxygens (including phenoxy) is 1. The van der Waals surface area contributed by atoms with Crippen LogP contribution in [0.25, 0.3) is 0 Å². The first-order chi connectivity index (χ1) is 7.51. The van der Waals surface area contributed by atoms with E-state index in [0.717, 1.165) is 10.5 Å². The lowest BCUT2D eigenvalue weighted by Gasteiger charge is -2.07. The van der Waals surface area contributed by atoms with Crippen LogP contribution in [0.15, 0.2) is 29.2 Å². The van der Waals surface area contributed by atoms with Gasteiger partial charge in [0.05, 0.1) is 19.6 Å². The molecule has 90 valence electrons. The summed E-state index contributed by atoms with van der Waals surface area (Å²) in [7, 11) is 1.31. The number of alkyl halides is 3. The van der Waals surface area contributed by atoms with Gasteiger partial charge in [0, 0.05) is 4.90 Å². The Morgan fingerprint density at radius 1 is 1.19 bits per heavy atom. The maximum atomic E-state index is 11.8. The highest BCUT2D eigenvalue weighted by Gasteiger charge is 2.26. The van der Waals surface area contributed by atoms with Gasteiger partial charge in [0.1, 0.15) is 0 Å². The average molecular weight is 268 g/mol. The summed E-state index contributed by atoms with van der Waals surface area (Å²) in [4.78, 5) is 0.988. The zero-order valence-corrected chi connectivity index (χ0v) is 10.0. The van der Waals surface area contributed by atoms with Crippen molar-refractivity contribution >= 4 is 22.5 Å². The molecule has 0 heterocycles. The Morgan fingerprint density at radius 2 is 1.81 bits per heavy atom. The van der Waals surface area contributed by atoms with E-state index >= 15 is 0 Å². The van der Waals surface area contributed by atoms with Crippen LogP contribution in [-0.4, -0.2) is 12.8 Å². The van der Waals surface area contributed by atoms with Crippen molar-refractivity contribution in [3.8, 4) is 0 Å². The van der Waals surface area contributed by atoms with Crippen molar-refractivity contribution in [2.75, 3.05) is 6.61 Å². The minimum absolute atomic E-state index is 0.202. The van der Waals surface area contributed by atoms with Crippen LogP contribution in [0.4, 0.5) is 13.2 Å². The summed E-state index contributed by atoms with van der Waals surface area (Å²) in [5.41, 5.74) is 0.855. The minimum atomic E-state index is -4.15. The summed E-state index contributed by atoms with van der Waals surface area (Å²) in [6.07, 6.45) is -5.05. The van der Waals surface area contributed by atoms with Crippen molar-refractivity contribution in [3.05, 3.63) is 29.8 Å². The summed E-state index contributed by atoms with van der Waals surface area (Å²) in [5.74, 6) is 0. The number of benzene rings is 1. The molecule has 0 spiro atoms. The molecule has 0 aliphatic carbocycles. The molecule has 0 radical (unpaired) electrons. The zero-order chi connectivity index (χ0) is 12.0.